The third-order valence-corrected chi connectivity index (χ3v) is 3.25. The number of rotatable bonds is 8. The van der Waals surface area contributed by atoms with Gasteiger partial charge in [0.05, 0.1) is 32.5 Å². The molecule has 1 aromatic carbocycles. The Kier molecular flexibility index (Phi) is 6.11. The molecule has 20 heavy (non-hydrogen) atoms. The predicted octanol–water partition coefficient (Wildman–Crippen LogP) is 1.66. The molecule has 1 heterocycles. The lowest BCUT2D eigenvalue weighted by molar-refractivity contribution is -0.0137. The molecule has 1 aliphatic rings. The Morgan fingerprint density at radius 1 is 1.50 bits per heavy atom. The zero-order chi connectivity index (χ0) is 14.2. The van der Waals surface area contributed by atoms with Crippen molar-refractivity contribution in [1.29, 1.82) is 0 Å². The zero-order valence-corrected chi connectivity index (χ0v) is 11.9. The van der Waals surface area contributed by atoms with Crippen LogP contribution in [-0.4, -0.2) is 50.8 Å². The van der Waals surface area contributed by atoms with Crippen LogP contribution >= 0.6 is 0 Å². The molecule has 1 aliphatic heterocycles. The highest BCUT2D eigenvalue weighted by Crippen LogP contribution is 2.16. The van der Waals surface area contributed by atoms with Crippen molar-refractivity contribution in [3.8, 4) is 5.75 Å². The normalized spacial score (nSPS) is 19.8. The van der Waals surface area contributed by atoms with Crippen LogP contribution in [0.1, 0.15) is 12.8 Å². The van der Waals surface area contributed by atoms with Crippen molar-refractivity contribution >= 4 is 5.69 Å². The van der Waals surface area contributed by atoms with Gasteiger partial charge < -0.3 is 24.6 Å². The summed E-state index contributed by atoms with van der Waals surface area (Å²) >= 11 is 0. The van der Waals surface area contributed by atoms with Gasteiger partial charge >= 0.3 is 0 Å². The van der Waals surface area contributed by atoms with Crippen molar-refractivity contribution in [3.05, 3.63) is 24.3 Å². The maximum Gasteiger partial charge on any atom is 0.120 e. The number of aliphatic hydroxyl groups excluding tert-OH is 1. The highest BCUT2D eigenvalue weighted by molar-refractivity contribution is 5.48. The molecule has 1 aromatic rings. The number of methoxy groups -OCH3 is 1. The topological polar surface area (TPSA) is 60.0 Å². The lowest BCUT2D eigenvalue weighted by Crippen LogP contribution is -2.27. The van der Waals surface area contributed by atoms with Crippen molar-refractivity contribution < 1.29 is 19.3 Å². The van der Waals surface area contributed by atoms with Crippen LogP contribution in [0, 0.1) is 0 Å². The molecule has 112 valence electrons. The second-order valence-electron chi connectivity index (χ2n) is 4.94. The number of hydrogen-bond donors (Lipinski definition) is 2. The minimum atomic E-state index is -0.539. The Hall–Kier alpha value is -1.30. The summed E-state index contributed by atoms with van der Waals surface area (Å²) in [6.45, 7) is 2.15. The molecule has 0 spiro atoms. The Morgan fingerprint density at radius 2 is 2.40 bits per heavy atom. The Balaban J connectivity index is 1.62. The van der Waals surface area contributed by atoms with Crippen molar-refractivity contribution in [3.63, 3.8) is 0 Å². The Bertz CT molecular complexity index is 393. The molecule has 0 aliphatic carbocycles. The van der Waals surface area contributed by atoms with E-state index in [1.165, 1.54) is 0 Å². The minimum Gasteiger partial charge on any atom is -0.497 e. The molecule has 0 amide bonds. The van der Waals surface area contributed by atoms with Gasteiger partial charge in [-0.3, -0.25) is 0 Å². The summed E-state index contributed by atoms with van der Waals surface area (Å²) in [5.74, 6) is 0.791. The third kappa shape index (κ3) is 5.00. The fourth-order valence-electron chi connectivity index (χ4n) is 2.14. The summed E-state index contributed by atoms with van der Waals surface area (Å²) in [6, 6.07) is 7.61. The van der Waals surface area contributed by atoms with Gasteiger partial charge in [-0.1, -0.05) is 6.07 Å². The average Bonchev–Trinajstić information content (AvgIpc) is 2.98. The fraction of sp³-hybridized carbons (Fsp3) is 0.600. The van der Waals surface area contributed by atoms with Crippen LogP contribution in [0.15, 0.2) is 24.3 Å². The van der Waals surface area contributed by atoms with E-state index < -0.39 is 6.10 Å². The van der Waals surface area contributed by atoms with E-state index in [1.807, 2.05) is 24.3 Å². The summed E-state index contributed by atoms with van der Waals surface area (Å²) < 4.78 is 16.1. The summed E-state index contributed by atoms with van der Waals surface area (Å²) in [4.78, 5) is 0. The molecular weight excluding hydrogens is 258 g/mol. The number of anilines is 1. The molecule has 0 saturated carbocycles. The number of hydrogen-bond acceptors (Lipinski definition) is 5. The van der Waals surface area contributed by atoms with Crippen LogP contribution < -0.4 is 10.1 Å². The van der Waals surface area contributed by atoms with E-state index in [1.54, 1.807) is 7.11 Å². The van der Waals surface area contributed by atoms with E-state index in [2.05, 4.69) is 5.32 Å². The number of aliphatic hydroxyl groups is 1. The van der Waals surface area contributed by atoms with Gasteiger partial charge in [0.2, 0.25) is 0 Å². The van der Waals surface area contributed by atoms with E-state index in [-0.39, 0.29) is 6.10 Å². The maximum atomic E-state index is 9.85. The average molecular weight is 281 g/mol. The number of benzene rings is 1. The first-order chi connectivity index (χ1) is 9.78. The van der Waals surface area contributed by atoms with Crippen LogP contribution in [0.25, 0.3) is 0 Å². The third-order valence-electron chi connectivity index (χ3n) is 3.25. The minimum absolute atomic E-state index is 0.202. The molecule has 2 N–H and O–H groups in total. The van der Waals surface area contributed by atoms with E-state index in [0.717, 1.165) is 30.9 Å². The molecule has 1 fully saturated rings. The first-order valence-electron chi connectivity index (χ1n) is 7.03. The first kappa shape index (κ1) is 15.1. The molecule has 2 unspecified atom stereocenters. The highest BCUT2D eigenvalue weighted by Gasteiger charge is 2.16. The van der Waals surface area contributed by atoms with Crippen LogP contribution in [-0.2, 0) is 9.47 Å². The predicted molar refractivity (Wildman–Crippen MR) is 77.3 cm³/mol. The molecule has 2 rings (SSSR count). The summed E-state index contributed by atoms with van der Waals surface area (Å²) in [5.41, 5.74) is 0.919. The summed E-state index contributed by atoms with van der Waals surface area (Å²) in [6.07, 6.45) is 1.82. The van der Waals surface area contributed by atoms with E-state index in [9.17, 15) is 5.11 Å². The molecule has 2 atom stereocenters. The van der Waals surface area contributed by atoms with Gasteiger partial charge in [-0.2, -0.15) is 0 Å². The van der Waals surface area contributed by atoms with Gasteiger partial charge in [-0.25, -0.2) is 0 Å². The van der Waals surface area contributed by atoms with Gasteiger partial charge in [-0.05, 0) is 25.0 Å². The second kappa shape index (κ2) is 8.09. The van der Waals surface area contributed by atoms with E-state index in [0.29, 0.717) is 19.8 Å². The van der Waals surface area contributed by atoms with Gasteiger partial charge in [-0.15, -0.1) is 0 Å². The number of nitrogens with one attached hydrogen (secondary N) is 1. The van der Waals surface area contributed by atoms with Crippen LogP contribution in [0.2, 0.25) is 0 Å². The van der Waals surface area contributed by atoms with Crippen molar-refractivity contribution in [2.24, 2.45) is 0 Å². The zero-order valence-electron chi connectivity index (χ0n) is 11.9. The fourth-order valence-corrected chi connectivity index (χ4v) is 2.14. The van der Waals surface area contributed by atoms with Crippen LogP contribution in [0.5, 0.6) is 5.75 Å². The lowest BCUT2D eigenvalue weighted by Gasteiger charge is -2.15. The van der Waals surface area contributed by atoms with E-state index in [4.69, 9.17) is 14.2 Å². The second-order valence-corrected chi connectivity index (χ2v) is 4.94. The molecule has 0 radical (unpaired) electrons. The monoisotopic (exact) mass is 281 g/mol. The standard InChI is InChI=1S/C15H23NO4/c1-18-14-5-2-4-12(8-14)16-9-13(17)10-19-11-15-6-3-7-20-15/h2,4-5,8,13,15-17H,3,6-7,9-11H2,1H3. The van der Waals surface area contributed by atoms with Gasteiger partial charge in [0.25, 0.3) is 0 Å². The van der Waals surface area contributed by atoms with E-state index >= 15 is 0 Å². The molecule has 1 saturated heterocycles. The number of ether oxygens (including phenoxy) is 3. The van der Waals surface area contributed by atoms with Gasteiger partial charge in [0, 0.05) is 24.9 Å². The molecule has 0 aromatic heterocycles. The van der Waals surface area contributed by atoms with Crippen molar-refractivity contribution in [1.82, 2.24) is 0 Å². The SMILES string of the molecule is COc1cccc(NCC(O)COCC2CCCO2)c1. The summed E-state index contributed by atoms with van der Waals surface area (Å²) in [7, 11) is 1.63. The lowest BCUT2D eigenvalue weighted by atomic mass is 10.2. The molecule has 0 bridgehead atoms. The van der Waals surface area contributed by atoms with Crippen LogP contribution in [0.3, 0.4) is 0 Å². The van der Waals surface area contributed by atoms with Crippen molar-refractivity contribution in [2.75, 3.05) is 38.8 Å². The van der Waals surface area contributed by atoms with Crippen molar-refractivity contribution in [2.45, 2.75) is 25.0 Å². The first-order valence-corrected chi connectivity index (χ1v) is 7.03. The van der Waals surface area contributed by atoms with Gasteiger partial charge in [0.15, 0.2) is 0 Å². The smallest absolute Gasteiger partial charge is 0.120 e. The quantitative estimate of drug-likeness (QED) is 0.759. The summed E-state index contributed by atoms with van der Waals surface area (Å²) in [5, 5.41) is 13.0. The maximum absolute atomic E-state index is 9.85. The highest BCUT2D eigenvalue weighted by atomic mass is 16.5. The van der Waals surface area contributed by atoms with Gasteiger partial charge in [0.1, 0.15) is 5.75 Å². The molecule has 5 nitrogen and oxygen atoms in total. The Labute approximate surface area is 119 Å². The van der Waals surface area contributed by atoms with Crippen LogP contribution in [0.4, 0.5) is 5.69 Å². The Morgan fingerprint density at radius 3 is 3.15 bits per heavy atom. The molecular formula is C15H23NO4. The molecule has 5 heteroatoms. The largest absolute Gasteiger partial charge is 0.497 e.